The summed E-state index contributed by atoms with van der Waals surface area (Å²) in [6.45, 7) is 9.59. The van der Waals surface area contributed by atoms with E-state index in [-0.39, 0.29) is 0 Å². The summed E-state index contributed by atoms with van der Waals surface area (Å²) in [5, 5.41) is 3.69. The molecular weight excluding hydrogens is 236 g/mol. The van der Waals surface area contributed by atoms with E-state index in [9.17, 15) is 0 Å². The van der Waals surface area contributed by atoms with Gasteiger partial charge in [-0.3, -0.25) is 0 Å². The Balaban J connectivity index is 1.96. The van der Waals surface area contributed by atoms with Gasteiger partial charge in [0.15, 0.2) is 0 Å². The van der Waals surface area contributed by atoms with Crippen LogP contribution < -0.4 is 10.1 Å². The van der Waals surface area contributed by atoms with Gasteiger partial charge >= 0.3 is 0 Å². The first-order valence-corrected chi connectivity index (χ1v) is 7.25. The van der Waals surface area contributed by atoms with Crippen LogP contribution in [0.5, 0.6) is 5.75 Å². The second-order valence-electron chi connectivity index (χ2n) is 5.83. The molecule has 0 aromatic heterocycles. The second kappa shape index (κ2) is 6.40. The number of benzene rings is 1. The highest BCUT2D eigenvalue weighted by molar-refractivity contribution is 5.37. The fourth-order valence-electron chi connectivity index (χ4n) is 2.46. The van der Waals surface area contributed by atoms with Crippen LogP contribution in [0.25, 0.3) is 0 Å². The first kappa shape index (κ1) is 14.4. The van der Waals surface area contributed by atoms with Gasteiger partial charge in [0.1, 0.15) is 5.75 Å². The van der Waals surface area contributed by atoms with Gasteiger partial charge in [0.2, 0.25) is 0 Å². The summed E-state index contributed by atoms with van der Waals surface area (Å²) in [6, 6.07) is 9.38. The van der Waals surface area contributed by atoms with Crippen LogP contribution in [0.15, 0.2) is 24.3 Å². The Morgan fingerprint density at radius 1 is 1.37 bits per heavy atom. The summed E-state index contributed by atoms with van der Waals surface area (Å²) in [5.74, 6) is 1.55. The van der Waals surface area contributed by atoms with Gasteiger partial charge in [-0.2, -0.15) is 0 Å². The molecular formula is C16H26N2O. The second-order valence-corrected chi connectivity index (χ2v) is 5.83. The SMILES string of the molecule is CC1COc2ccccc2C1NCCN(C)C(C)C. The van der Waals surface area contributed by atoms with Gasteiger partial charge in [-0.15, -0.1) is 0 Å². The number of hydrogen-bond donors (Lipinski definition) is 1. The van der Waals surface area contributed by atoms with Crippen LogP contribution in [-0.2, 0) is 0 Å². The van der Waals surface area contributed by atoms with Crippen LogP contribution in [0.1, 0.15) is 32.4 Å². The zero-order valence-corrected chi connectivity index (χ0v) is 12.5. The molecule has 1 aromatic rings. The van der Waals surface area contributed by atoms with Crippen molar-refractivity contribution in [3.05, 3.63) is 29.8 Å². The summed E-state index contributed by atoms with van der Waals surface area (Å²) in [4.78, 5) is 2.36. The van der Waals surface area contributed by atoms with Gasteiger partial charge in [0.05, 0.1) is 6.61 Å². The van der Waals surface area contributed by atoms with E-state index in [0.29, 0.717) is 18.0 Å². The quantitative estimate of drug-likeness (QED) is 0.883. The minimum absolute atomic E-state index is 0.408. The third kappa shape index (κ3) is 3.48. The van der Waals surface area contributed by atoms with Gasteiger partial charge in [-0.1, -0.05) is 25.1 Å². The fraction of sp³-hybridized carbons (Fsp3) is 0.625. The third-order valence-electron chi connectivity index (χ3n) is 4.04. The average Bonchev–Trinajstić information content (AvgIpc) is 2.41. The van der Waals surface area contributed by atoms with E-state index in [4.69, 9.17) is 4.74 Å². The first-order valence-electron chi connectivity index (χ1n) is 7.25. The Hall–Kier alpha value is -1.06. The van der Waals surface area contributed by atoms with Crippen LogP contribution in [0, 0.1) is 5.92 Å². The molecule has 0 radical (unpaired) electrons. The Labute approximate surface area is 116 Å². The molecule has 3 nitrogen and oxygen atoms in total. The number of rotatable bonds is 5. The predicted octanol–water partition coefficient (Wildman–Crippen LogP) is 2.69. The third-order valence-corrected chi connectivity index (χ3v) is 4.04. The van der Waals surface area contributed by atoms with Crippen LogP contribution in [0.2, 0.25) is 0 Å². The molecule has 1 heterocycles. The summed E-state index contributed by atoms with van der Waals surface area (Å²) in [7, 11) is 2.17. The lowest BCUT2D eigenvalue weighted by Gasteiger charge is -2.33. The Kier molecular flexibility index (Phi) is 4.83. The average molecular weight is 262 g/mol. The Morgan fingerprint density at radius 2 is 2.11 bits per heavy atom. The topological polar surface area (TPSA) is 24.5 Å². The number of nitrogens with zero attached hydrogens (tertiary/aromatic N) is 1. The van der Waals surface area contributed by atoms with E-state index in [0.717, 1.165) is 25.4 Å². The van der Waals surface area contributed by atoms with Crippen molar-refractivity contribution < 1.29 is 4.74 Å². The summed E-state index contributed by atoms with van der Waals surface area (Å²) < 4.78 is 5.78. The minimum Gasteiger partial charge on any atom is -0.493 e. The maximum atomic E-state index is 5.78. The molecule has 0 saturated carbocycles. The van der Waals surface area contributed by atoms with Crippen molar-refractivity contribution in [2.45, 2.75) is 32.9 Å². The summed E-state index contributed by atoms with van der Waals surface area (Å²) in [5.41, 5.74) is 1.30. The predicted molar refractivity (Wildman–Crippen MR) is 79.6 cm³/mol. The van der Waals surface area contributed by atoms with E-state index in [1.807, 2.05) is 6.07 Å². The number of nitrogens with one attached hydrogen (secondary N) is 1. The number of hydrogen-bond acceptors (Lipinski definition) is 3. The van der Waals surface area contributed by atoms with Crippen molar-refractivity contribution in [2.75, 3.05) is 26.7 Å². The van der Waals surface area contributed by atoms with E-state index < -0.39 is 0 Å². The van der Waals surface area contributed by atoms with Crippen LogP contribution in [0.3, 0.4) is 0 Å². The van der Waals surface area contributed by atoms with Crippen molar-refractivity contribution in [3.63, 3.8) is 0 Å². The molecule has 1 N–H and O–H groups in total. The lowest BCUT2D eigenvalue weighted by molar-refractivity contribution is 0.183. The maximum absolute atomic E-state index is 5.78. The lowest BCUT2D eigenvalue weighted by atomic mass is 9.92. The first-order chi connectivity index (χ1) is 9.09. The molecule has 2 rings (SSSR count). The number of ether oxygens (including phenoxy) is 1. The summed E-state index contributed by atoms with van der Waals surface area (Å²) >= 11 is 0. The number of fused-ring (bicyclic) bond motifs is 1. The molecule has 1 aromatic carbocycles. The monoisotopic (exact) mass is 262 g/mol. The van der Waals surface area contributed by atoms with Crippen molar-refractivity contribution in [1.82, 2.24) is 10.2 Å². The minimum atomic E-state index is 0.408. The largest absolute Gasteiger partial charge is 0.493 e. The van der Waals surface area contributed by atoms with Gasteiger partial charge in [-0.25, -0.2) is 0 Å². The molecule has 0 aliphatic carbocycles. The van der Waals surface area contributed by atoms with E-state index in [1.54, 1.807) is 0 Å². The maximum Gasteiger partial charge on any atom is 0.124 e. The van der Waals surface area contributed by atoms with Gasteiger partial charge < -0.3 is 15.0 Å². The molecule has 106 valence electrons. The van der Waals surface area contributed by atoms with Crippen LogP contribution in [0.4, 0.5) is 0 Å². The van der Waals surface area contributed by atoms with E-state index in [1.165, 1.54) is 5.56 Å². The lowest BCUT2D eigenvalue weighted by Crippen LogP contribution is -2.39. The van der Waals surface area contributed by atoms with E-state index >= 15 is 0 Å². The zero-order chi connectivity index (χ0) is 13.8. The molecule has 1 aliphatic heterocycles. The summed E-state index contributed by atoms with van der Waals surface area (Å²) in [6.07, 6.45) is 0. The zero-order valence-electron chi connectivity index (χ0n) is 12.5. The molecule has 19 heavy (non-hydrogen) atoms. The molecule has 0 amide bonds. The molecule has 2 atom stereocenters. The van der Waals surface area contributed by atoms with Crippen molar-refractivity contribution in [3.8, 4) is 5.75 Å². The standard InChI is InChI=1S/C16H26N2O/c1-12(2)18(4)10-9-17-16-13(3)11-19-15-8-6-5-7-14(15)16/h5-8,12-13,16-17H,9-11H2,1-4H3. The molecule has 0 fully saturated rings. The van der Waals surface area contributed by atoms with Gasteiger partial charge in [0, 0.05) is 36.7 Å². The Bertz CT molecular complexity index is 405. The van der Waals surface area contributed by atoms with Gasteiger partial charge in [-0.05, 0) is 27.0 Å². The number of para-hydroxylation sites is 1. The highest BCUT2D eigenvalue weighted by Crippen LogP contribution is 2.34. The van der Waals surface area contributed by atoms with Gasteiger partial charge in [0.25, 0.3) is 0 Å². The molecule has 0 bridgehead atoms. The van der Waals surface area contributed by atoms with Crippen molar-refractivity contribution in [1.29, 1.82) is 0 Å². The van der Waals surface area contributed by atoms with Crippen LogP contribution in [-0.4, -0.2) is 37.7 Å². The highest BCUT2D eigenvalue weighted by atomic mass is 16.5. The Morgan fingerprint density at radius 3 is 2.84 bits per heavy atom. The molecule has 2 unspecified atom stereocenters. The molecule has 1 aliphatic rings. The van der Waals surface area contributed by atoms with Crippen LogP contribution >= 0.6 is 0 Å². The molecule has 0 spiro atoms. The number of likely N-dealkylation sites (N-methyl/N-ethyl adjacent to an activating group) is 1. The van der Waals surface area contributed by atoms with E-state index in [2.05, 4.69) is 56.2 Å². The van der Waals surface area contributed by atoms with Crippen molar-refractivity contribution >= 4 is 0 Å². The molecule has 3 heteroatoms. The van der Waals surface area contributed by atoms with Crippen molar-refractivity contribution in [2.24, 2.45) is 5.92 Å². The normalized spacial score (nSPS) is 22.4. The molecule has 0 saturated heterocycles. The smallest absolute Gasteiger partial charge is 0.124 e. The fourth-order valence-corrected chi connectivity index (χ4v) is 2.46. The highest BCUT2D eigenvalue weighted by Gasteiger charge is 2.26.